The van der Waals surface area contributed by atoms with Crippen LogP contribution in [-0.4, -0.2) is 44.9 Å². The van der Waals surface area contributed by atoms with Crippen molar-refractivity contribution in [2.75, 3.05) is 0 Å². The molecule has 3 aromatic carbocycles. The van der Waals surface area contributed by atoms with E-state index >= 15 is 0 Å². The van der Waals surface area contributed by atoms with E-state index in [1.165, 1.54) is 72.8 Å². The molecule has 0 aliphatic carbocycles. The first kappa shape index (κ1) is 127. The first-order valence-electron chi connectivity index (χ1n) is 51.7. The summed E-state index contributed by atoms with van der Waals surface area (Å²) in [6.07, 6.45) is 25.4. The van der Waals surface area contributed by atoms with Gasteiger partial charge in [-0.15, -0.1) is 0 Å². The van der Waals surface area contributed by atoms with Gasteiger partial charge in [0.2, 0.25) is 0 Å². The van der Waals surface area contributed by atoms with Gasteiger partial charge < -0.3 is 0 Å². The minimum Gasteiger partial charge on any atom is -0.261 e. The van der Waals surface area contributed by atoms with Crippen molar-refractivity contribution in [3.8, 4) is 0 Å². The Labute approximate surface area is 847 Å². The normalized spacial score (nSPS) is 12.9. The zero-order valence-electron chi connectivity index (χ0n) is 99.4. The Morgan fingerprint density at radius 3 is 0.854 bits per heavy atom. The van der Waals surface area contributed by atoms with Gasteiger partial charge >= 0.3 is 0 Å². The van der Waals surface area contributed by atoms with E-state index in [4.69, 9.17) is 4.98 Å². The van der Waals surface area contributed by atoms with E-state index in [0.29, 0.717) is 43.3 Å². The second-order valence-electron chi connectivity index (χ2n) is 60.0. The molecule has 6 heterocycles. The topological polar surface area (TPSA) is 116 Å². The molecular formula is C128H211N9. The second-order valence-corrected chi connectivity index (χ2v) is 60.0. The molecule has 0 amide bonds. The lowest BCUT2D eigenvalue weighted by atomic mass is 9.83. The summed E-state index contributed by atoms with van der Waals surface area (Å²) in [7, 11) is 0. The molecule has 137 heavy (non-hydrogen) atoms. The van der Waals surface area contributed by atoms with Gasteiger partial charge in [0.1, 0.15) is 11.6 Å². The zero-order valence-corrected chi connectivity index (χ0v) is 99.4. The van der Waals surface area contributed by atoms with Crippen LogP contribution >= 0.6 is 0 Å². The third kappa shape index (κ3) is 63.7. The fourth-order valence-electron chi connectivity index (χ4n) is 14.6. The van der Waals surface area contributed by atoms with Gasteiger partial charge in [0, 0.05) is 99.9 Å². The van der Waals surface area contributed by atoms with Gasteiger partial charge in [0.25, 0.3) is 0 Å². The van der Waals surface area contributed by atoms with Crippen LogP contribution in [0.2, 0.25) is 0 Å². The Hall–Kier alpha value is -7.65. The van der Waals surface area contributed by atoms with E-state index in [-0.39, 0.29) is 54.1 Å². The van der Waals surface area contributed by atoms with Gasteiger partial charge in [0.05, 0.1) is 11.4 Å². The van der Waals surface area contributed by atoms with Gasteiger partial charge in [-0.3, -0.25) is 24.9 Å². The number of rotatable bonds is 11. The monoisotopic (exact) mass is 1870 g/mol. The Bertz CT molecular complexity index is 4380. The van der Waals surface area contributed by atoms with Gasteiger partial charge in [-0.1, -0.05) is 465 Å². The fourth-order valence-corrected chi connectivity index (χ4v) is 14.6. The third-order valence-corrected chi connectivity index (χ3v) is 21.0. The van der Waals surface area contributed by atoms with E-state index in [1.54, 1.807) is 0 Å². The number of pyridine rings is 3. The largest absolute Gasteiger partial charge is 0.261 e. The van der Waals surface area contributed by atoms with Crippen molar-refractivity contribution in [3.63, 3.8) is 0 Å². The fraction of sp³-hybridized carbons (Fsp3) is 0.648. The summed E-state index contributed by atoms with van der Waals surface area (Å²) in [5.41, 5.74) is 25.3. The summed E-state index contributed by atoms with van der Waals surface area (Å²) < 4.78 is 0. The second kappa shape index (κ2) is 51.3. The standard InChI is InChI=1S/2C16H26.C15H24.3C14H23N.3C13H22N2/c1-15(2,3)11-13-7-9-14(10-8-13)12-16(4,5)6;1-15(2,3)11-13-8-7-9-14(10-13)12-16(4,5)6;1-14(2,3)11-12-8-7-9-13(10-12)15(4,5)6;1-13(2,3)9-12-8-7-11(10-15-12)14(4,5)6;1-13(2,3)9-11-7-8-12(15-10-11)14(4,5)6;1-13(2,3)10-11-8-7-9-12(15-11)14(4,5)6;1-12(2,3)7-11-14-8-10(9-15-11)13(4,5)6;1-12(2,3)7-10-8-14-9-11(15-10)13(4,5)6;1-12(2,3)9-10-7-8-14-11(15-10)13(4,5)6/h2*7-10H,11-12H2,1-6H3;7-10H,11H2,1-6H3;2*7-8,10H,9H2,1-6H3;7-9H,10H2,1-6H3;2*8-9H,7H2,1-6H3;7-8H,9H2,1-6H3. The lowest BCUT2D eigenvalue weighted by Crippen LogP contribution is -2.18. The van der Waals surface area contributed by atoms with Crippen LogP contribution in [0.1, 0.15) is 475 Å². The van der Waals surface area contributed by atoms with E-state index < -0.39 is 0 Å². The van der Waals surface area contributed by atoms with Crippen molar-refractivity contribution < 1.29 is 0 Å². The molecule has 0 aliphatic heterocycles. The summed E-state index contributed by atoms with van der Waals surface area (Å²) in [4.78, 5) is 40.5. The van der Waals surface area contributed by atoms with Crippen LogP contribution in [0.3, 0.4) is 0 Å². The van der Waals surface area contributed by atoms with Gasteiger partial charge in [0.15, 0.2) is 0 Å². The summed E-state index contributed by atoms with van der Waals surface area (Å²) in [6.45, 7) is 121. The molecule has 0 atom stereocenters. The number of aromatic nitrogens is 9. The van der Waals surface area contributed by atoms with Crippen LogP contribution in [0.4, 0.5) is 0 Å². The number of benzene rings is 3. The van der Waals surface area contributed by atoms with Crippen molar-refractivity contribution in [1.29, 1.82) is 0 Å². The summed E-state index contributed by atoms with van der Waals surface area (Å²) >= 11 is 0. The van der Waals surface area contributed by atoms with Gasteiger partial charge in [-0.05, 0) is 220 Å². The molecule has 0 spiro atoms. The van der Waals surface area contributed by atoms with Crippen LogP contribution in [0, 0.1) is 59.6 Å². The minimum absolute atomic E-state index is 0.0356. The van der Waals surface area contributed by atoms with Gasteiger partial charge in [-0.2, -0.15) is 0 Å². The molecule has 9 aromatic rings. The average Bonchev–Trinajstić information content (AvgIpc) is 0.839. The highest BCUT2D eigenvalue weighted by Gasteiger charge is 2.27. The molecule has 0 aliphatic rings. The number of hydrogen-bond donors (Lipinski definition) is 0. The molecule has 0 saturated carbocycles. The third-order valence-electron chi connectivity index (χ3n) is 21.0. The first-order valence-corrected chi connectivity index (χ1v) is 51.7. The quantitative estimate of drug-likeness (QED) is 0.125. The molecular weight excluding hydrogens is 1660 g/mol. The molecule has 0 bridgehead atoms. The lowest BCUT2D eigenvalue weighted by molar-refractivity contribution is 0.399. The van der Waals surface area contributed by atoms with Crippen molar-refractivity contribution in [3.05, 3.63) is 266 Å². The van der Waals surface area contributed by atoms with Crippen LogP contribution in [-0.2, 0) is 109 Å². The van der Waals surface area contributed by atoms with Crippen molar-refractivity contribution >= 4 is 0 Å². The van der Waals surface area contributed by atoms with Crippen molar-refractivity contribution in [2.45, 2.75) is 482 Å². The number of nitrogens with zero attached hydrogens (tertiary/aromatic N) is 9. The molecule has 9 rings (SSSR count). The first-order chi connectivity index (χ1) is 61.1. The van der Waals surface area contributed by atoms with E-state index in [0.717, 1.165) is 99.4 Å². The van der Waals surface area contributed by atoms with Crippen LogP contribution in [0.5, 0.6) is 0 Å². The SMILES string of the molecule is CC(C)(C)Cc1ccc(C(C)(C)C)cn1.CC(C)(C)Cc1ccc(C(C)(C)C)nc1.CC(C)(C)Cc1ccc(CC(C)(C)C)cc1.CC(C)(C)Cc1cccc(C(C)(C)C)c1.CC(C)(C)Cc1cccc(C(C)(C)C)n1.CC(C)(C)Cc1cccc(CC(C)(C)C)c1.CC(C)(C)Cc1ccnc(C(C)(C)C)n1.CC(C)(C)Cc1cncc(C(C)(C)C)n1.CC(C)(C)Cc1ncc(C(C)(C)C)cn1. The van der Waals surface area contributed by atoms with Crippen LogP contribution in [0.15, 0.2) is 165 Å². The maximum atomic E-state index is 4.73. The maximum absolute atomic E-state index is 4.73. The van der Waals surface area contributed by atoms with Gasteiger partial charge in [-0.25, -0.2) is 19.9 Å². The molecule has 9 heteroatoms. The van der Waals surface area contributed by atoms with E-state index in [9.17, 15) is 0 Å². The molecule has 9 nitrogen and oxygen atoms in total. The Morgan fingerprint density at radius 1 is 0.175 bits per heavy atom. The molecule has 0 fully saturated rings. The predicted molar refractivity (Wildman–Crippen MR) is 604 cm³/mol. The Morgan fingerprint density at radius 2 is 0.504 bits per heavy atom. The average molecular weight is 1880 g/mol. The Balaban J connectivity index is 0.000000771. The van der Waals surface area contributed by atoms with Crippen LogP contribution < -0.4 is 0 Å². The molecule has 6 aromatic heterocycles. The molecule has 0 unspecified atom stereocenters. The predicted octanol–water partition coefficient (Wildman–Crippen LogP) is 36.3. The van der Waals surface area contributed by atoms with E-state index in [2.05, 4.69) is 529 Å². The highest BCUT2D eigenvalue weighted by atomic mass is 14.9. The molecule has 0 N–H and O–H groups in total. The highest BCUT2D eigenvalue weighted by molar-refractivity contribution is 5.31. The summed E-state index contributed by atoms with van der Waals surface area (Å²) in [5.74, 6) is 1.87. The van der Waals surface area contributed by atoms with Crippen molar-refractivity contribution in [2.24, 2.45) is 59.6 Å². The smallest absolute Gasteiger partial charge is 0.133 e. The number of hydrogen-bond acceptors (Lipinski definition) is 9. The Kier molecular flexibility index (Phi) is 47.7. The maximum Gasteiger partial charge on any atom is 0.133 e. The van der Waals surface area contributed by atoms with Crippen LogP contribution in [0.25, 0.3) is 0 Å². The summed E-state index contributed by atoms with van der Waals surface area (Å²) in [6, 6.07) is 44.3. The molecule has 0 saturated heterocycles. The lowest BCUT2D eigenvalue weighted by Gasteiger charge is -2.22. The van der Waals surface area contributed by atoms with E-state index in [1.807, 2.05) is 49.4 Å². The highest BCUT2D eigenvalue weighted by Crippen LogP contribution is 2.34. The minimum atomic E-state index is 0.0356. The summed E-state index contributed by atoms with van der Waals surface area (Å²) in [5, 5.41) is 0. The zero-order chi connectivity index (χ0) is 107. The van der Waals surface area contributed by atoms with Crippen molar-refractivity contribution in [1.82, 2.24) is 44.9 Å². The molecule has 0 radical (unpaired) electrons. The molecule has 768 valence electrons.